The smallest absolute Gasteiger partial charge is 0.208 e. The molecule has 2 nitrogen and oxygen atoms in total. The first-order chi connectivity index (χ1) is 9.20. The van der Waals surface area contributed by atoms with E-state index in [4.69, 9.17) is 4.43 Å². The van der Waals surface area contributed by atoms with Crippen LogP contribution in [-0.4, -0.2) is 32.9 Å². The zero-order chi connectivity index (χ0) is 15.1. The Kier molecular flexibility index (Phi) is 4.32. The molecule has 1 saturated carbocycles. The van der Waals surface area contributed by atoms with Gasteiger partial charge in [0.15, 0.2) is 0 Å². The molecule has 0 bridgehead atoms. The number of aliphatic hydroxyl groups excluding tert-OH is 1. The number of aliphatic hydroxyl groups is 1. The van der Waals surface area contributed by atoms with Crippen molar-refractivity contribution in [3.63, 3.8) is 0 Å². The van der Waals surface area contributed by atoms with Crippen LogP contribution in [0.2, 0.25) is 0 Å². The zero-order valence-electron chi connectivity index (χ0n) is 13.6. The van der Waals surface area contributed by atoms with Crippen LogP contribution in [0.1, 0.15) is 53.9 Å². The van der Waals surface area contributed by atoms with Gasteiger partial charge in [0.05, 0.1) is 12.2 Å². The molecule has 0 aliphatic heterocycles. The highest BCUT2D eigenvalue weighted by Crippen LogP contribution is 2.55. The monoisotopic (exact) mass is 294 g/mol. The largest absolute Gasteiger partial charge is 0.551 e. The Hall–Kier alpha value is -0.413. The molecule has 0 aromatic carbocycles. The molecule has 2 rings (SSSR count). The third-order valence-electron chi connectivity index (χ3n) is 5.81. The predicted octanol–water partition coefficient (Wildman–Crippen LogP) is 2.94. The van der Waals surface area contributed by atoms with E-state index in [1.165, 1.54) is 5.57 Å². The van der Waals surface area contributed by atoms with Crippen molar-refractivity contribution in [3.05, 3.63) is 11.6 Å². The average molecular weight is 295 g/mol. The van der Waals surface area contributed by atoms with Crippen molar-refractivity contribution >= 4 is 15.6 Å². The fourth-order valence-electron chi connectivity index (χ4n) is 4.15. The van der Waals surface area contributed by atoms with E-state index < -0.39 is 0 Å². The topological polar surface area (TPSA) is 29.5 Å². The molecule has 0 aromatic heterocycles. The van der Waals surface area contributed by atoms with Crippen molar-refractivity contribution in [2.75, 3.05) is 0 Å². The van der Waals surface area contributed by atoms with Crippen molar-refractivity contribution in [2.45, 2.75) is 66.1 Å². The highest BCUT2D eigenvalue weighted by atomic mass is 28.2. The number of hydrogen-bond acceptors (Lipinski definition) is 2. The van der Waals surface area contributed by atoms with Crippen LogP contribution < -0.4 is 0 Å². The standard InChI is InChI=1S/C17H30O2Si/c1-11-15(19-20-6)8-7-12-9-14(18)13(16(2,3)4)10-17(11,12)5/h9,11,13-15,18,20H,6-8,10H2,1-5H3. The van der Waals surface area contributed by atoms with Gasteiger partial charge in [0, 0.05) is 5.92 Å². The fraction of sp³-hybridized carbons (Fsp3) is 0.824. The lowest BCUT2D eigenvalue weighted by molar-refractivity contribution is -0.0240. The second kappa shape index (κ2) is 5.41. The van der Waals surface area contributed by atoms with Crippen LogP contribution in [-0.2, 0) is 4.43 Å². The van der Waals surface area contributed by atoms with Crippen molar-refractivity contribution in [3.8, 4) is 0 Å². The van der Waals surface area contributed by atoms with Gasteiger partial charge < -0.3 is 9.53 Å². The van der Waals surface area contributed by atoms with Gasteiger partial charge in [0.2, 0.25) is 9.38 Å². The van der Waals surface area contributed by atoms with E-state index in [-0.39, 0.29) is 26.3 Å². The zero-order valence-corrected chi connectivity index (χ0v) is 14.8. The van der Waals surface area contributed by atoms with Gasteiger partial charge in [0.1, 0.15) is 0 Å². The minimum absolute atomic E-state index is 0.134. The second-order valence-corrected chi connectivity index (χ2v) is 8.55. The van der Waals surface area contributed by atoms with Gasteiger partial charge in [-0.2, -0.15) is 0 Å². The quantitative estimate of drug-likeness (QED) is 0.627. The Morgan fingerprint density at radius 3 is 2.65 bits per heavy atom. The van der Waals surface area contributed by atoms with Crippen molar-refractivity contribution in [2.24, 2.45) is 22.7 Å². The van der Waals surface area contributed by atoms with Crippen LogP contribution in [0.5, 0.6) is 0 Å². The van der Waals surface area contributed by atoms with E-state index in [1.807, 2.05) is 0 Å². The van der Waals surface area contributed by atoms with E-state index in [0.29, 0.717) is 17.9 Å². The fourth-order valence-corrected chi connectivity index (χ4v) is 4.77. The molecule has 0 aromatic rings. The summed E-state index contributed by atoms with van der Waals surface area (Å²) in [6.07, 6.45) is 9.34. The van der Waals surface area contributed by atoms with Gasteiger partial charge in [-0.15, -0.1) is 0 Å². The maximum Gasteiger partial charge on any atom is 0.208 e. The van der Waals surface area contributed by atoms with E-state index in [1.54, 1.807) is 0 Å². The van der Waals surface area contributed by atoms with E-state index in [9.17, 15) is 5.11 Å². The Bertz CT molecular complexity index is 410. The maximum atomic E-state index is 10.5. The van der Waals surface area contributed by atoms with Gasteiger partial charge in [-0.3, -0.25) is 0 Å². The molecule has 5 unspecified atom stereocenters. The summed E-state index contributed by atoms with van der Waals surface area (Å²) in [5.41, 5.74) is 1.77. The summed E-state index contributed by atoms with van der Waals surface area (Å²) in [5.74, 6) is 0.832. The summed E-state index contributed by atoms with van der Waals surface area (Å²) in [6.45, 7) is 11.4. The molecule has 0 amide bonds. The third kappa shape index (κ3) is 2.67. The Balaban J connectivity index is 2.32. The summed E-state index contributed by atoms with van der Waals surface area (Å²) in [5, 5.41) is 10.5. The third-order valence-corrected chi connectivity index (χ3v) is 6.35. The van der Waals surface area contributed by atoms with Crippen LogP contribution in [0, 0.1) is 22.7 Å². The predicted molar refractivity (Wildman–Crippen MR) is 87.3 cm³/mol. The van der Waals surface area contributed by atoms with Crippen LogP contribution in [0.4, 0.5) is 0 Å². The molecule has 0 spiro atoms. The number of fused-ring (bicyclic) bond motifs is 1. The molecule has 2 aliphatic carbocycles. The van der Waals surface area contributed by atoms with Crippen LogP contribution >= 0.6 is 0 Å². The van der Waals surface area contributed by atoms with Gasteiger partial charge in [-0.05, 0) is 36.0 Å². The first kappa shape index (κ1) is 16.0. The number of allylic oxidation sites excluding steroid dienone is 1. The lowest BCUT2D eigenvalue weighted by atomic mass is 9.54. The van der Waals surface area contributed by atoms with Gasteiger partial charge in [0.25, 0.3) is 0 Å². The van der Waals surface area contributed by atoms with Crippen molar-refractivity contribution < 1.29 is 9.53 Å². The van der Waals surface area contributed by atoms with E-state index in [0.717, 1.165) is 19.3 Å². The highest BCUT2D eigenvalue weighted by Gasteiger charge is 2.49. The molecular weight excluding hydrogens is 264 g/mol. The summed E-state index contributed by atoms with van der Waals surface area (Å²) in [6, 6.07) is 0. The molecule has 0 heterocycles. The van der Waals surface area contributed by atoms with E-state index >= 15 is 0 Å². The minimum Gasteiger partial charge on any atom is -0.551 e. The SMILES string of the molecule is C=[SiH]OC1CCC2=CC(O)C(C(C)(C)C)CC2(C)C1C. The Labute approximate surface area is 126 Å². The van der Waals surface area contributed by atoms with Crippen LogP contribution in [0.25, 0.3) is 0 Å². The van der Waals surface area contributed by atoms with Crippen LogP contribution in [0.3, 0.4) is 0 Å². The summed E-state index contributed by atoms with van der Waals surface area (Å²) >= 11 is 0. The normalized spacial score (nSPS) is 41.6. The highest BCUT2D eigenvalue weighted by molar-refractivity contribution is 6.33. The molecule has 0 radical (unpaired) electrons. The van der Waals surface area contributed by atoms with Crippen molar-refractivity contribution in [1.82, 2.24) is 0 Å². The molecule has 3 heteroatoms. The number of hydrogen-bond donors (Lipinski definition) is 1. The lowest BCUT2D eigenvalue weighted by Crippen LogP contribution is -2.49. The molecule has 0 saturated heterocycles. The molecule has 1 fully saturated rings. The van der Waals surface area contributed by atoms with Gasteiger partial charge in [-0.25, -0.2) is 0 Å². The maximum absolute atomic E-state index is 10.5. The summed E-state index contributed by atoms with van der Waals surface area (Å²) < 4.78 is 5.94. The molecule has 1 N–H and O–H groups in total. The summed E-state index contributed by atoms with van der Waals surface area (Å²) in [7, 11) is -0.136. The van der Waals surface area contributed by atoms with Gasteiger partial charge >= 0.3 is 0 Å². The van der Waals surface area contributed by atoms with Crippen LogP contribution in [0.15, 0.2) is 11.6 Å². The Morgan fingerprint density at radius 1 is 1.45 bits per heavy atom. The lowest BCUT2D eigenvalue weighted by Gasteiger charge is -2.53. The molecule has 114 valence electrons. The minimum atomic E-state index is -0.291. The molecule has 20 heavy (non-hydrogen) atoms. The Morgan fingerprint density at radius 2 is 2.10 bits per heavy atom. The number of rotatable bonds is 2. The van der Waals surface area contributed by atoms with Gasteiger partial charge in [-0.1, -0.05) is 52.4 Å². The first-order valence-corrected chi connectivity index (χ1v) is 9.14. The first-order valence-electron chi connectivity index (χ1n) is 7.85. The average Bonchev–Trinajstić information content (AvgIpc) is 2.34. The molecule has 5 atom stereocenters. The van der Waals surface area contributed by atoms with E-state index in [2.05, 4.69) is 46.9 Å². The summed E-state index contributed by atoms with van der Waals surface area (Å²) in [4.78, 5) is 0. The van der Waals surface area contributed by atoms with Crippen molar-refractivity contribution in [1.29, 1.82) is 0 Å². The second-order valence-electron chi connectivity index (χ2n) is 7.95. The molecular formula is C17H30O2Si. The molecule has 2 aliphatic rings.